The molecule has 9 heteroatoms. The van der Waals surface area contributed by atoms with Crippen molar-refractivity contribution >= 4 is 29.1 Å². The number of carbonyl (C=O) groups is 3. The lowest BCUT2D eigenvalue weighted by Crippen LogP contribution is -2.52. The first kappa shape index (κ1) is 35.8. The predicted octanol–water partition coefficient (Wildman–Crippen LogP) is 6.41. The third-order valence-corrected chi connectivity index (χ3v) is 13.7. The lowest BCUT2D eigenvalue weighted by molar-refractivity contribution is -0.136. The molecule has 9 rings (SSSR count). The number of piperazine rings is 1. The van der Waals surface area contributed by atoms with Crippen molar-refractivity contribution in [1.82, 2.24) is 15.1 Å². The summed E-state index contributed by atoms with van der Waals surface area (Å²) in [4.78, 5) is 46.5. The number of allylic oxidation sites excluding steroid dienone is 4. The van der Waals surface area contributed by atoms with Crippen LogP contribution in [-0.4, -0.2) is 84.5 Å². The van der Waals surface area contributed by atoms with Crippen LogP contribution in [0.15, 0.2) is 85.0 Å². The van der Waals surface area contributed by atoms with Crippen molar-refractivity contribution < 1.29 is 19.5 Å². The number of amides is 3. The molecule has 4 aliphatic heterocycles. The van der Waals surface area contributed by atoms with Gasteiger partial charge in [0.25, 0.3) is 5.91 Å². The minimum atomic E-state index is -0.585. The molecule has 286 valence electrons. The first-order chi connectivity index (χ1) is 26.7. The van der Waals surface area contributed by atoms with Gasteiger partial charge in [-0.05, 0) is 120 Å². The Balaban J connectivity index is 0.783. The number of anilines is 2. The normalized spacial score (nSPS) is 27.3. The number of nitrogens with one attached hydrogen (secondary N) is 1. The van der Waals surface area contributed by atoms with Crippen molar-refractivity contribution in [1.29, 1.82) is 0 Å². The third kappa shape index (κ3) is 6.96. The molecule has 1 unspecified atom stereocenters. The second-order valence-corrected chi connectivity index (χ2v) is 17.1. The summed E-state index contributed by atoms with van der Waals surface area (Å²) < 4.78 is 0. The second kappa shape index (κ2) is 14.6. The number of nitrogens with zero attached hydrogens (tertiary/aromatic N) is 4. The molecule has 4 heterocycles. The molecule has 0 radical (unpaired) electrons. The first-order valence-electron chi connectivity index (χ1n) is 20.5. The summed E-state index contributed by atoms with van der Waals surface area (Å²) in [5.74, 6) is 1.09. The summed E-state index contributed by atoms with van der Waals surface area (Å²) in [6, 6.07) is 21.0. The van der Waals surface area contributed by atoms with E-state index < -0.39 is 6.04 Å². The van der Waals surface area contributed by atoms with E-state index in [0.717, 1.165) is 76.3 Å². The predicted molar refractivity (Wildman–Crippen MR) is 215 cm³/mol. The summed E-state index contributed by atoms with van der Waals surface area (Å²) in [6.45, 7) is 10.1. The van der Waals surface area contributed by atoms with Gasteiger partial charge < -0.3 is 19.8 Å². The van der Waals surface area contributed by atoms with E-state index in [2.05, 4.69) is 87.6 Å². The van der Waals surface area contributed by atoms with E-state index in [9.17, 15) is 19.5 Å². The van der Waals surface area contributed by atoms with E-state index in [1.54, 1.807) is 4.90 Å². The van der Waals surface area contributed by atoms with E-state index >= 15 is 0 Å². The minimum absolute atomic E-state index is 0.106. The molecule has 0 saturated carbocycles. The summed E-state index contributed by atoms with van der Waals surface area (Å²) >= 11 is 0. The van der Waals surface area contributed by atoms with E-state index in [1.165, 1.54) is 35.2 Å². The molecule has 3 fully saturated rings. The zero-order chi connectivity index (χ0) is 37.7. The number of phenolic OH excluding ortho intramolecular Hbond substituents is 1. The Labute approximate surface area is 324 Å². The van der Waals surface area contributed by atoms with E-state index in [0.29, 0.717) is 42.0 Å². The van der Waals surface area contributed by atoms with Crippen LogP contribution in [0.4, 0.5) is 11.4 Å². The highest BCUT2D eigenvalue weighted by atomic mass is 16.3. The van der Waals surface area contributed by atoms with Crippen LogP contribution < -0.4 is 15.1 Å². The van der Waals surface area contributed by atoms with Crippen molar-refractivity contribution in [3.63, 3.8) is 0 Å². The molecule has 2 N–H and O–H groups in total. The van der Waals surface area contributed by atoms with Gasteiger partial charge in [0.15, 0.2) is 0 Å². The molecule has 3 aromatic carbocycles. The SMILES string of the molecule is CC1([C@H]2CCc3cc(O)ccc3[C@H]2c2ccc(N3CCC(CN4CCN(c5ccc6c(c5)CN([C@H]5CCC(=O)NC5=O)C6=O)CC4)CC3)cc2)C=CC=CC1. The molecule has 2 aliphatic carbocycles. The lowest BCUT2D eigenvalue weighted by Gasteiger charge is -2.45. The second-order valence-electron chi connectivity index (χ2n) is 17.1. The number of hydrogen-bond acceptors (Lipinski definition) is 7. The number of imide groups is 1. The largest absolute Gasteiger partial charge is 0.508 e. The molecule has 55 heavy (non-hydrogen) atoms. The highest BCUT2D eigenvalue weighted by Crippen LogP contribution is 2.52. The van der Waals surface area contributed by atoms with Crippen LogP contribution in [0.5, 0.6) is 5.75 Å². The maximum atomic E-state index is 13.2. The molecule has 4 atom stereocenters. The van der Waals surface area contributed by atoms with Gasteiger partial charge in [-0.1, -0.05) is 49.4 Å². The van der Waals surface area contributed by atoms with Crippen LogP contribution >= 0.6 is 0 Å². The average Bonchev–Trinajstić information content (AvgIpc) is 3.53. The number of carbonyl (C=O) groups excluding carboxylic acids is 3. The standard InChI is InChI=1S/C46H53N5O4/c1-46(19-3-2-4-20-46)40-14-7-33-28-37(52)11-13-38(33)43(40)32-5-8-35(9-6-32)49-21-17-31(18-22-49)29-48-23-25-50(26-24-48)36-10-12-39-34(27-36)30-51(45(39)55)41-15-16-42(53)47-44(41)54/h2-6,8-13,19,27-28,31,40-41,43,52H,7,14-18,20-26,29-30H2,1H3,(H,47,53,54)/t40-,41-,43+,46?/m0/s1. The van der Waals surface area contributed by atoms with Crippen LogP contribution in [-0.2, 0) is 22.6 Å². The average molecular weight is 740 g/mol. The van der Waals surface area contributed by atoms with Crippen LogP contribution in [0.25, 0.3) is 0 Å². The van der Waals surface area contributed by atoms with Crippen LogP contribution in [0.1, 0.15) is 84.0 Å². The Morgan fingerprint density at radius 3 is 2.29 bits per heavy atom. The number of phenols is 1. The zero-order valence-electron chi connectivity index (χ0n) is 32.0. The number of aromatic hydroxyl groups is 1. The molecule has 0 bridgehead atoms. The zero-order valence-corrected chi connectivity index (χ0v) is 32.0. The molecule has 0 spiro atoms. The number of hydrogen-bond donors (Lipinski definition) is 2. The summed E-state index contributed by atoms with van der Waals surface area (Å²) in [5, 5.41) is 12.7. The fraction of sp³-hybridized carbons (Fsp3) is 0.457. The van der Waals surface area contributed by atoms with Crippen molar-refractivity contribution in [2.45, 2.75) is 70.4 Å². The van der Waals surface area contributed by atoms with E-state index in [1.807, 2.05) is 24.3 Å². The van der Waals surface area contributed by atoms with Gasteiger partial charge >= 0.3 is 0 Å². The number of aryl methyl sites for hydroxylation is 1. The van der Waals surface area contributed by atoms with Crippen molar-refractivity contribution in [3.05, 3.63) is 113 Å². The van der Waals surface area contributed by atoms with Gasteiger partial charge in [-0.15, -0.1) is 0 Å². The fourth-order valence-electron chi connectivity index (χ4n) is 10.5. The molecule has 3 saturated heterocycles. The molecule has 9 nitrogen and oxygen atoms in total. The van der Waals surface area contributed by atoms with Gasteiger partial charge in [-0.25, -0.2) is 0 Å². The minimum Gasteiger partial charge on any atom is -0.508 e. The summed E-state index contributed by atoms with van der Waals surface area (Å²) in [7, 11) is 0. The van der Waals surface area contributed by atoms with Crippen molar-refractivity contribution in [3.8, 4) is 5.75 Å². The van der Waals surface area contributed by atoms with E-state index in [-0.39, 0.29) is 29.6 Å². The topological polar surface area (TPSA) is 96.4 Å². The molecule has 3 amide bonds. The van der Waals surface area contributed by atoms with Gasteiger partial charge in [-0.2, -0.15) is 0 Å². The number of rotatable bonds is 7. The Morgan fingerprint density at radius 1 is 0.782 bits per heavy atom. The van der Waals surface area contributed by atoms with Crippen molar-refractivity contribution in [2.24, 2.45) is 17.3 Å². The monoisotopic (exact) mass is 739 g/mol. The number of fused-ring (bicyclic) bond motifs is 2. The maximum absolute atomic E-state index is 13.2. The van der Waals surface area contributed by atoms with Crippen LogP contribution in [0.2, 0.25) is 0 Å². The Morgan fingerprint density at radius 2 is 1.55 bits per heavy atom. The maximum Gasteiger partial charge on any atom is 0.255 e. The molecular weight excluding hydrogens is 687 g/mol. The smallest absolute Gasteiger partial charge is 0.255 e. The number of piperidine rings is 2. The molecule has 0 aromatic heterocycles. The Kier molecular flexibility index (Phi) is 9.53. The van der Waals surface area contributed by atoms with Gasteiger partial charge in [-0.3, -0.25) is 24.6 Å². The Bertz CT molecular complexity index is 2030. The molecule has 6 aliphatic rings. The summed E-state index contributed by atoms with van der Waals surface area (Å²) in [5.41, 5.74) is 8.22. The first-order valence-corrected chi connectivity index (χ1v) is 20.5. The quantitative estimate of drug-likeness (QED) is 0.271. The van der Waals surface area contributed by atoms with Gasteiger partial charge in [0.05, 0.1) is 0 Å². The van der Waals surface area contributed by atoms with Crippen LogP contribution in [0.3, 0.4) is 0 Å². The highest BCUT2D eigenvalue weighted by molar-refractivity contribution is 6.05. The lowest BCUT2D eigenvalue weighted by atomic mass is 9.59. The Hall–Kier alpha value is -4.89. The van der Waals surface area contributed by atoms with Crippen molar-refractivity contribution in [2.75, 3.05) is 55.6 Å². The third-order valence-electron chi connectivity index (χ3n) is 13.7. The van der Waals surface area contributed by atoms with Crippen LogP contribution in [0, 0.1) is 17.3 Å². The van der Waals surface area contributed by atoms with Gasteiger partial charge in [0.2, 0.25) is 11.8 Å². The molecule has 3 aromatic rings. The highest BCUT2D eigenvalue weighted by Gasteiger charge is 2.42. The van der Waals surface area contributed by atoms with Gasteiger partial charge in [0.1, 0.15) is 11.8 Å². The van der Waals surface area contributed by atoms with Gasteiger partial charge in [0, 0.05) is 81.6 Å². The fourth-order valence-corrected chi connectivity index (χ4v) is 10.5. The van der Waals surface area contributed by atoms with E-state index in [4.69, 9.17) is 0 Å². The number of benzene rings is 3. The summed E-state index contributed by atoms with van der Waals surface area (Å²) in [6.07, 6.45) is 15.4. The molecular formula is C46H53N5O4.